The van der Waals surface area contributed by atoms with Gasteiger partial charge in [0.15, 0.2) is 0 Å². The Bertz CT molecular complexity index is 512. The first-order valence-corrected chi connectivity index (χ1v) is 6.97. The van der Waals surface area contributed by atoms with E-state index in [0.717, 1.165) is 23.7 Å². The summed E-state index contributed by atoms with van der Waals surface area (Å²) >= 11 is 0. The third-order valence-electron chi connectivity index (χ3n) is 3.88. The summed E-state index contributed by atoms with van der Waals surface area (Å²) in [5, 5.41) is 2.83. The molecule has 0 spiro atoms. The summed E-state index contributed by atoms with van der Waals surface area (Å²) in [4.78, 5) is 30.5. The number of ether oxygens (including phenoxy) is 1. The minimum absolute atomic E-state index is 0.140. The summed E-state index contributed by atoms with van der Waals surface area (Å²) in [5.74, 6) is 1.04. The summed E-state index contributed by atoms with van der Waals surface area (Å²) in [5.41, 5.74) is 0. The van der Waals surface area contributed by atoms with E-state index in [9.17, 15) is 9.59 Å². The highest BCUT2D eigenvalue weighted by Gasteiger charge is 2.38. The van der Waals surface area contributed by atoms with Crippen LogP contribution in [0.4, 0.5) is 4.79 Å². The Balaban J connectivity index is 1.44. The molecule has 2 aliphatic rings. The molecule has 21 heavy (non-hydrogen) atoms. The molecule has 7 nitrogen and oxygen atoms in total. The van der Waals surface area contributed by atoms with Crippen molar-refractivity contribution in [1.82, 2.24) is 20.1 Å². The zero-order valence-electron chi connectivity index (χ0n) is 11.9. The summed E-state index contributed by atoms with van der Waals surface area (Å²) < 4.78 is 5.65. The molecule has 0 bridgehead atoms. The average Bonchev–Trinajstić information content (AvgIpc) is 2.44. The van der Waals surface area contributed by atoms with E-state index < -0.39 is 0 Å². The van der Waals surface area contributed by atoms with Crippen LogP contribution in [0.5, 0.6) is 5.75 Å². The zero-order chi connectivity index (χ0) is 14.8. The Morgan fingerprint density at radius 3 is 2.90 bits per heavy atom. The number of rotatable bonds is 4. The van der Waals surface area contributed by atoms with Crippen LogP contribution in [0.1, 0.15) is 6.42 Å². The number of hydrogen-bond acceptors (Lipinski definition) is 5. The van der Waals surface area contributed by atoms with Gasteiger partial charge in [-0.25, -0.2) is 4.79 Å². The number of pyridine rings is 1. The summed E-state index contributed by atoms with van der Waals surface area (Å²) in [7, 11) is 1.49. The van der Waals surface area contributed by atoms with Crippen molar-refractivity contribution in [3.05, 3.63) is 24.5 Å². The third kappa shape index (κ3) is 2.97. The maximum absolute atomic E-state index is 11.7. The molecule has 1 atom stereocenters. The van der Waals surface area contributed by atoms with Gasteiger partial charge in [-0.05, 0) is 12.1 Å². The molecule has 3 rings (SSSR count). The number of likely N-dealkylation sites (tertiary alicyclic amines) is 1. The Hall–Kier alpha value is -2.15. The first kappa shape index (κ1) is 13.8. The fourth-order valence-electron chi connectivity index (χ4n) is 2.54. The molecule has 112 valence electrons. The molecule has 0 aliphatic carbocycles. The van der Waals surface area contributed by atoms with Gasteiger partial charge in [-0.1, -0.05) is 0 Å². The van der Waals surface area contributed by atoms with Gasteiger partial charge in [0.25, 0.3) is 0 Å². The van der Waals surface area contributed by atoms with Gasteiger partial charge in [-0.15, -0.1) is 0 Å². The topological polar surface area (TPSA) is 74.8 Å². The molecule has 2 aliphatic heterocycles. The molecule has 1 N–H and O–H groups in total. The molecule has 1 aromatic rings. The lowest BCUT2D eigenvalue weighted by atomic mass is 9.99. The molecule has 3 amide bonds. The van der Waals surface area contributed by atoms with Gasteiger partial charge in [0, 0.05) is 32.3 Å². The Morgan fingerprint density at radius 2 is 2.24 bits per heavy atom. The molecular formula is C14H18N4O3. The summed E-state index contributed by atoms with van der Waals surface area (Å²) in [6, 6.07) is 3.38. The number of hydrogen-bond donors (Lipinski definition) is 1. The molecule has 1 unspecified atom stereocenters. The lowest BCUT2D eigenvalue weighted by molar-refractivity contribution is -0.132. The third-order valence-corrected chi connectivity index (χ3v) is 3.88. The maximum atomic E-state index is 11.7. The minimum atomic E-state index is -0.327. The van der Waals surface area contributed by atoms with Crippen LogP contribution < -0.4 is 10.1 Å². The van der Waals surface area contributed by atoms with Crippen LogP contribution in [0.3, 0.4) is 0 Å². The molecule has 1 aromatic heterocycles. The highest BCUT2D eigenvalue weighted by Crippen LogP contribution is 2.22. The Kier molecular flexibility index (Phi) is 3.74. The lowest BCUT2D eigenvalue weighted by Crippen LogP contribution is -2.64. The van der Waals surface area contributed by atoms with E-state index in [1.807, 2.05) is 12.1 Å². The van der Waals surface area contributed by atoms with Crippen molar-refractivity contribution in [3.8, 4) is 5.75 Å². The van der Waals surface area contributed by atoms with Crippen molar-refractivity contribution in [2.24, 2.45) is 5.92 Å². The number of imide groups is 1. The molecule has 7 heteroatoms. The summed E-state index contributed by atoms with van der Waals surface area (Å²) in [6.07, 6.45) is 3.54. The maximum Gasteiger partial charge on any atom is 0.325 e. The standard InChI is InChI=1S/C14H18N4O3/c1-17-13(19)5-12(16-14(17)20)18-7-10(8-18)9-21-11-3-2-4-15-6-11/h2-4,6,10,12H,5,7-9H2,1H3,(H,16,20). The lowest BCUT2D eigenvalue weighted by Gasteiger charge is -2.45. The van der Waals surface area contributed by atoms with Crippen LogP contribution in [-0.2, 0) is 4.79 Å². The normalized spacial score (nSPS) is 23.7. The minimum Gasteiger partial charge on any atom is -0.492 e. The molecule has 2 saturated heterocycles. The quantitative estimate of drug-likeness (QED) is 0.862. The van der Waals surface area contributed by atoms with Crippen LogP contribution in [-0.4, -0.2) is 59.6 Å². The van der Waals surface area contributed by atoms with Gasteiger partial charge in [0.2, 0.25) is 5.91 Å². The fraction of sp³-hybridized carbons (Fsp3) is 0.500. The van der Waals surface area contributed by atoms with E-state index >= 15 is 0 Å². The molecular weight excluding hydrogens is 272 g/mol. The highest BCUT2D eigenvalue weighted by atomic mass is 16.5. The number of nitrogens with one attached hydrogen (secondary N) is 1. The van der Waals surface area contributed by atoms with E-state index in [0.29, 0.717) is 18.9 Å². The average molecular weight is 290 g/mol. The van der Waals surface area contributed by atoms with Crippen molar-refractivity contribution < 1.29 is 14.3 Å². The van der Waals surface area contributed by atoms with Crippen molar-refractivity contribution >= 4 is 11.9 Å². The SMILES string of the molecule is CN1C(=O)CC(N2CC(COc3cccnc3)C2)NC1=O. The predicted octanol–water partition coefficient (Wildman–Crippen LogP) is 0.290. The molecule has 2 fully saturated rings. The predicted molar refractivity (Wildman–Crippen MR) is 74.5 cm³/mol. The van der Waals surface area contributed by atoms with Gasteiger partial charge in [-0.3, -0.25) is 19.6 Å². The van der Waals surface area contributed by atoms with Gasteiger partial charge < -0.3 is 10.1 Å². The van der Waals surface area contributed by atoms with Gasteiger partial charge >= 0.3 is 6.03 Å². The van der Waals surface area contributed by atoms with Crippen LogP contribution in [0.2, 0.25) is 0 Å². The van der Waals surface area contributed by atoms with E-state index in [1.165, 1.54) is 7.05 Å². The van der Waals surface area contributed by atoms with Crippen LogP contribution in [0.25, 0.3) is 0 Å². The molecule has 3 heterocycles. The van der Waals surface area contributed by atoms with E-state index in [4.69, 9.17) is 4.74 Å². The van der Waals surface area contributed by atoms with E-state index in [1.54, 1.807) is 12.4 Å². The van der Waals surface area contributed by atoms with Crippen LogP contribution in [0, 0.1) is 5.92 Å². The second-order valence-electron chi connectivity index (χ2n) is 5.44. The second kappa shape index (κ2) is 5.69. The van der Waals surface area contributed by atoms with Crippen molar-refractivity contribution in [1.29, 1.82) is 0 Å². The van der Waals surface area contributed by atoms with Crippen LogP contribution >= 0.6 is 0 Å². The zero-order valence-corrected chi connectivity index (χ0v) is 11.9. The fourth-order valence-corrected chi connectivity index (χ4v) is 2.54. The number of aromatic nitrogens is 1. The van der Waals surface area contributed by atoms with Gasteiger partial charge in [0.1, 0.15) is 5.75 Å². The molecule has 0 saturated carbocycles. The monoisotopic (exact) mass is 290 g/mol. The van der Waals surface area contributed by atoms with Crippen molar-refractivity contribution in [3.63, 3.8) is 0 Å². The number of carbonyl (C=O) groups is 2. The largest absolute Gasteiger partial charge is 0.492 e. The first-order valence-electron chi connectivity index (χ1n) is 6.97. The number of nitrogens with zero attached hydrogens (tertiary/aromatic N) is 3. The van der Waals surface area contributed by atoms with Crippen molar-refractivity contribution in [2.75, 3.05) is 26.7 Å². The second-order valence-corrected chi connectivity index (χ2v) is 5.44. The van der Waals surface area contributed by atoms with Crippen molar-refractivity contribution in [2.45, 2.75) is 12.6 Å². The Labute approximate surface area is 122 Å². The highest BCUT2D eigenvalue weighted by molar-refractivity contribution is 5.96. The number of urea groups is 1. The van der Waals surface area contributed by atoms with E-state index in [-0.39, 0.29) is 18.1 Å². The van der Waals surface area contributed by atoms with E-state index in [2.05, 4.69) is 15.2 Å². The summed E-state index contributed by atoms with van der Waals surface area (Å²) in [6.45, 7) is 2.26. The number of carbonyl (C=O) groups excluding carboxylic acids is 2. The molecule has 0 radical (unpaired) electrons. The Morgan fingerprint density at radius 1 is 1.43 bits per heavy atom. The first-order chi connectivity index (χ1) is 10.1. The van der Waals surface area contributed by atoms with Gasteiger partial charge in [0.05, 0.1) is 25.4 Å². The number of amides is 3. The smallest absolute Gasteiger partial charge is 0.325 e. The van der Waals surface area contributed by atoms with Gasteiger partial charge in [-0.2, -0.15) is 0 Å². The molecule has 0 aromatic carbocycles. The van der Waals surface area contributed by atoms with Crippen LogP contribution in [0.15, 0.2) is 24.5 Å².